The van der Waals surface area contributed by atoms with Gasteiger partial charge in [-0.25, -0.2) is 0 Å². The maximum absolute atomic E-state index is 6.23. The van der Waals surface area contributed by atoms with Crippen LogP contribution < -0.4 is 5.73 Å². The summed E-state index contributed by atoms with van der Waals surface area (Å²) in [7, 11) is 0. The number of rotatable bonds is 11. The van der Waals surface area contributed by atoms with E-state index in [1.54, 1.807) is 0 Å². The largest absolute Gasteiger partial charge is 0.328 e. The van der Waals surface area contributed by atoms with E-state index in [1.165, 1.54) is 89.9 Å². The summed E-state index contributed by atoms with van der Waals surface area (Å²) in [6.45, 7) is 2.28. The van der Waals surface area contributed by atoms with E-state index in [9.17, 15) is 0 Å². The lowest BCUT2D eigenvalue weighted by Crippen LogP contribution is -2.22. The summed E-state index contributed by atoms with van der Waals surface area (Å²) in [5.74, 6) is 0.967. The Kier molecular flexibility index (Phi) is 9.65. The van der Waals surface area contributed by atoms with E-state index in [4.69, 9.17) is 5.73 Å². The Morgan fingerprint density at radius 2 is 1.44 bits per heavy atom. The quantitative estimate of drug-likeness (QED) is 0.488. The van der Waals surface area contributed by atoms with Gasteiger partial charge in [-0.2, -0.15) is 0 Å². The first kappa shape index (κ1) is 16.0. The maximum Gasteiger partial charge on any atom is 0.00414 e. The van der Waals surface area contributed by atoms with Crippen molar-refractivity contribution in [2.45, 2.75) is 103 Å². The third-order valence-corrected chi connectivity index (χ3v) is 4.54. The summed E-state index contributed by atoms with van der Waals surface area (Å²) in [5.41, 5.74) is 6.23. The first-order valence-electron chi connectivity index (χ1n) is 8.58. The molecule has 0 amide bonds. The van der Waals surface area contributed by atoms with Gasteiger partial charge in [0, 0.05) is 6.04 Å². The summed E-state index contributed by atoms with van der Waals surface area (Å²) in [6.07, 6.45) is 19.7. The van der Waals surface area contributed by atoms with Crippen molar-refractivity contribution in [3.8, 4) is 0 Å². The highest BCUT2D eigenvalue weighted by atomic mass is 14.6. The van der Waals surface area contributed by atoms with Gasteiger partial charge < -0.3 is 5.73 Å². The standard InChI is InChI=1S/C17H35N/c1-2-3-4-5-6-7-8-9-14-17(18)15-16-12-10-11-13-16/h16-17H,2-15,18H2,1H3. The van der Waals surface area contributed by atoms with Crippen LogP contribution in [0.2, 0.25) is 0 Å². The second kappa shape index (κ2) is 10.8. The van der Waals surface area contributed by atoms with Crippen LogP contribution in [0.3, 0.4) is 0 Å². The highest BCUT2D eigenvalue weighted by Gasteiger charge is 2.17. The molecule has 0 heterocycles. The zero-order valence-corrected chi connectivity index (χ0v) is 12.6. The van der Waals surface area contributed by atoms with E-state index < -0.39 is 0 Å². The molecule has 1 saturated carbocycles. The molecule has 2 N–H and O–H groups in total. The maximum atomic E-state index is 6.23. The summed E-state index contributed by atoms with van der Waals surface area (Å²) >= 11 is 0. The van der Waals surface area contributed by atoms with Crippen LogP contribution in [-0.2, 0) is 0 Å². The van der Waals surface area contributed by atoms with E-state index in [-0.39, 0.29) is 0 Å². The van der Waals surface area contributed by atoms with Gasteiger partial charge in [-0.3, -0.25) is 0 Å². The van der Waals surface area contributed by atoms with Crippen LogP contribution in [-0.4, -0.2) is 6.04 Å². The van der Waals surface area contributed by atoms with Gasteiger partial charge in [0.05, 0.1) is 0 Å². The molecule has 0 aromatic heterocycles. The van der Waals surface area contributed by atoms with Crippen LogP contribution in [0.25, 0.3) is 0 Å². The highest BCUT2D eigenvalue weighted by molar-refractivity contribution is 4.73. The molecule has 0 bridgehead atoms. The first-order valence-corrected chi connectivity index (χ1v) is 8.58. The lowest BCUT2D eigenvalue weighted by molar-refractivity contribution is 0.414. The van der Waals surface area contributed by atoms with Gasteiger partial charge in [0.15, 0.2) is 0 Å². The number of hydrogen-bond acceptors (Lipinski definition) is 1. The van der Waals surface area contributed by atoms with E-state index in [1.807, 2.05) is 0 Å². The van der Waals surface area contributed by atoms with E-state index in [0.717, 1.165) is 5.92 Å². The van der Waals surface area contributed by atoms with Gasteiger partial charge in [-0.1, -0.05) is 84.0 Å². The fourth-order valence-electron chi connectivity index (χ4n) is 3.33. The van der Waals surface area contributed by atoms with Crippen molar-refractivity contribution in [1.82, 2.24) is 0 Å². The molecule has 1 rings (SSSR count). The SMILES string of the molecule is CCCCCCCCCCC(N)CC1CCCC1. The predicted molar refractivity (Wildman–Crippen MR) is 81.8 cm³/mol. The minimum Gasteiger partial charge on any atom is -0.328 e. The van der Waals surface area contributed by atoms with Crippen LogP contribution in [0.4, 0.5) is 0 Å². The van der Waals surface area contributed by atoms with Gasteiger partial charge in [0.1, 0.15) is 0 Å². The molecule has 0 saturated heterocycles. The molecule has 18 heavy (non-hydrogen) atoms. The molecule has 1 atom stereocenters. The Morgan fingerprint density at radius 3 is 2.06 bits per heavy atom. The van der Waals surface area contributed by atoms with Gasteiger partial charge >= 0.3 is 0 Å². The van der Waals surface area contributed by atoms with Crippen molar-refractivity contribution >= 4 is 0 Å². The van der Waals surface area contributed by atoms with Crippen LogP contribution in [0.1, 0.15) is 96.8 Å². The smallest absolute Gasteiger partial charge is 0.00414 e. The molecule has 1 unspecified atom stereocenters. The molecule has 0 spiro atoms. The number of hydrogen-bond donors (Lipinski definition) is 1. The number of unbranched alkanes of at least 4 members (excludes halogenated alkanes) is 7. The second-order valence-electron chi connectivity index (χ2n) is 6.41. The van der Waals surface area contributed by atoms with Crippen molar-refractivity contribution in [3.63, 3.8) is 0 Å². The van der Waals surface area contributed by atoms with Crippen LogP contribution in [0.15, 0.2) is 0 Å². The lowest BCUT2D eigenvalue weighted by Gasteiger charge is -2.16. The Hall–Kier alpha value is -0.0400. The Morgan fingerprint density at radius 1 is 0.889 bits per heavy atom. The Balaban J connectivity index is 1.81. The van der Waals surface area contributed by atoms with Crippen LogP contribution in [0, 0.1) is 5.92 Å². The predicted octanol–water partition coefficient (Wildman–Crippen LogP) is 5.42. The van der Waals surface area contributed by atoms with Crippen molar-refractivity contribution in [2.75, 3.05) is 0 Å². The zero-order valence-electron chi connectivity index (χ0n) is 12.6. The molecular formula is C17H35N. The van der Waals surface area contributed by atoms with E-state index in [0.29, 0.717) is 6.04 Å². The summed E-state index contributed by atoms with van der Waals surface area (Å²) < 4.78 is 0. The molecule has 0 aromatic rings. The zero-order chi connectivity index (χ0) is 13.1. The van der Waals surface area contributed by atoms with Crippen LogP contribution in [0.5, 0.6) is 0 Å². The summed E-state index contributed by atoms with van der Waals surface area (Å²) in [5, 5.41) is 0. The molecule has 1 fully saturated rings. The van der Waals surface area contributed by atoms with Gasteiger partial charge in [0.2, 0.25) is 0 Å². The fourth-order valence-corrected chi connectivity index (χ4v) is 3.33. The molecule has 1 aliphatic rings. The first-order chi connectivity index (χ1) is 8.83. The van der Waals surface area contributed by atoms with Gasteiger partial charge in [-0.15, -0.1) is 0 Å². The summed E-state index contributed by atoms with van der Waals surface area (Å²) in [4.78, 5) is 0. The van der Waals surface area contributed by atoms with Crippen molar-refractivity contribution in [1.29, 1.82) is 0 Å². The lowest BCUT2D eigenvalue weighted by atomic mass is 9.95. The van der Waals surface area contributed by atoms with E-state index in [2.05, 4.69) is 6.92 Å². The van der Waals surface area contributed by atoms with Gasteiger partial charge in [0.25, 0.3) is 0 Å². The fraction of sp³-hybridized carbons (Fsp3) is 1.00. The van der Waals surface area contributed by atoms with E-state index >= 15 is 0 Å². The second-order valence-corrected chi connectivity index (χ2v) is 6.41. The molecule has 0 aliphatic heterocycles. The Labute approximate surface area is 115 Å². The third-order valence-electron chi connectivity index (χ3n) is 4.54. The molecule has 0 aromatic carbocycles. The Bertz CT molecular complexity index is 172. The van der Waals surface area contributed by atoms with Crippen molar-refractivity contribution in [2.24, 2.45) is 11.7 Å². The highest BCUT2D eigenvalue weighted by Crippen LogP contribution is 2.29. The van der Waals surface area contributed by atoms with Gasteiger partial charge in [-0.05, 0) is 18.8 Å². The topological polar surface area (TPSA) is 26.0 Å². The molecule has 0 radical (unpaired) electrons. The van der Waals surface area contributed by atoms with Crippen molar-refractivity contribution in [3.05, 3.63) is 0 Å². The van der Waals surface area contributed by atoms with Crippen molar-refractivity contribution < 1.29 is 0 Å². The minimum absolute atomic E-state index is 0.494. The molecule has 1 nitrogen and oxygen atoms in total. The summed E-state index contributed by atoms with van der Waals surface area (Å²) in [6, 6.07) is 0.494. The average molecular weight is 253 g/mol. The third kappa shape index (κ3) is 8.13. The van der Waals surface area contributed by atoms with Crippen LogP contribution >= 0.6 is 0 Å². The number of nitrogens with two attached hydrogens (primary N) is 1. The average Bonchev–Trinajstić information content (AvgIpc) is 2.85. The normalized spacial score (nSPS) is 18.3. The molecular weight excluding hydrogens is 218 g/mol. The molecule has 1 heteroatoms. The molecule has 1 aliphatic carbocycles. The molecule has 108 valence electrons. The minimum atomic E-state index is 0.494. The monoisotopic (exact) mass is 253 g/mol.